The zero-order valence-corrected chi connectivity index (χ0v) is 15.4. The van der Waals surface area contributed by atoms with Gasteiger partial charge in [-0.1, -0.05) is 5.16 Å². The maximum Gasteiger partial charge on any atom is 0.257 e. The van der Waals surface area contributed by atoms with Crippen molar-refractivity contribution >= 4 is 15.7 Å². The second-order valence-electron chi connectivity index (χ2n) is 7.56. The molecule has 1 aromatic carbocycles. The van der Waals surface area contributed by atoms with Crippen LogP contribution < -0.4 is 5.32 Å². The number of nitrogens with one attached hydrogen (secondary N) is 1. The van der Waals surface area contributed by atoms with Crippen LogP contribution in [-0.4, -0.2) is 43.0 Å². The first kappa shape index (κ1) is 17.2. The molecule has 0 saturated heterocycles. The zero-order valence-electron chi connectivity index (χ0n) is 14.6. The van der Waals surface area contributed by atoms with Crippen LogP contribution in [0.1, 0.15) is 47.8 Å². The molecule has 0 aliphatic heterocycles. The van der Waals surface area contributed by atoms with E-state index in [1.165, 1.54) is 6.26 Å². The van der Waals surface area contributed by atoms with Crippen LogP contribution in [0.3, 0.4) is 0 Å². The number of carbonyl (C=O) groups is 1. The van der Waals surface area contributed by atoms with Crippen molar-refractivity contribution in [2.75, 3.05) is 18.6 Å². The molecule has 0 atom stereocenters. The molecule has 1 heterocycles. The molecule has 1 aromatic heterocycles. The van der Waals surface area contributed by atoms with Gasteiger partial charge in [-0.2, -0.15) is 4.98 Å². The molecule has 2 fully saturated rings. The van der Waals surface area contributed by atoms with Gasteiger partial charge in [-0.15, -0.1) is 0 Å². The van der Waals surface area contributed by atoms with Gasteiger partial charge in [0.25, 0.3) is 11.8 Å². The lowest BCUT2D eigenvalue weighted by molar-refractivity contribution is 0.0946. The smallest absolute Gasteiger partial charge is 0.257 e. The standard InChI is InChI=1S/C18H21N3O4S/c1-26(23,24)11-18(8-9-18)10-19-16(22)13-4-6-14(7-5-13)17-20-15(21-25-17)12-2-3-12/h4-7,12H,2-3,8-11H2,1H3,(H,19,22). The van der Waals surface area contributed by atoms with Crippen molar-refractivity contribution in [1.82, 2.24) is 15.5 Å². The summed E-state index contributed by atoms with van der Waals surface area (Å²) in [5.41, 5.74) is 1.01. The average Bonchev–Trinajstić information content (AvgIpc) is 3.52. The summed E-state index contributed by atoms with van der Waals surface area (Å²) in [6.45, 7) is 0.384. The molecule has 0 bridgehead atoms. The van der Waals surface area contributed by atoms with Crippen molar-refractivity contribution in [2.45, 2.75) is 31.6 Å². The number of nitrogens with zero attached hydrogens (tertiary/aromatic N) is 2. The Morgan fingerprint density at radius 2 is 1.96 bits per heavy atom. The minimum Gasteiger partial charge on any atom is -0.351 e. The van der Waals surface area contributed by atoms with E-state index in [9.17, 15) is 13.2 Å². The van der Waals surface area contributed by atoms with Crippen molar-refractivity contribution in [1.29, 1.82) is 0 Å². The molecular formula is C18H21N3O4S. The number of hydrogen-bond acceptors (Lipinski definition) is 6. The fourth-order valence-electron chi connectivity index (χ4n) is 3.10. The fourth-order valence-corrected chi connectivity index (χ4v) is 4.60. The Hall–Kier alpha value is -2.22. The molecule has 2 aliphatic rings. The van der Waals surface area contributed by atoms with Gasteiger partial charge in [0, 0.05) is 35.3 Å². The second-order valence-corrected chi connectivity index (χ2v) is 9.70. The first-order chi connectivity index (χ1) is 12.3. The van der Waals surface area contributed by atoms with Gasteiger partial charge in [-0.3, -0.25) is 4.79 Å². The lowest BCUT2D eigenvalue weighted by Crippen LogP contribution is -2.33. The molecule has 1 N–H and O–H groups in total. The Bertz CT molecular complexity index is 926. The number of sulfone groups is 1. The predicted molar refractivity (Wildman–Crippen MR) is 95.4 cm³/mol. The van der Waals surface area contributed by atoms with Crippen LogP contribution in [0, 0.1) is 5.41 Å². The van der Waals surface area contributed by atoms with E-state index in [0.717, 1.165) is 37.1 Å². The van der Waals surface area contributed by atoms with Crippen molar-refractivity contribution in [2.24, 2.45) is 5.41 Å². The molecule has 0 unspecified atom stereocenters. The molecule has 2 aliphatic carbocycles. The first-order valence-corrected chi connectivity index (χ1v) is 10.8. The third-order valence-electron chi connectivity index (χ3n) is 4.93. The van der Waals surface area contributed by atoms with Gasteiger partial charge >= 0.3 is 0 Å². The summed E-state index contributed by atoms with van der Waals surface area (Å²) in [6.07, 6.45) is 5.12. The SMILES string of the molecule is CS(=O)(=O)CC1(CNC(=O)c2ccc(-c3nc(C4CC4)no3)cc2)CC1. The summed E-state index contributed by atoms with van der Waals surface area (Å²) in [4.78, 5) is 16.7. The van der Waals surface area contributed by atoms with Gasteiger partial charge < -0.3 is 9.84 Å². The minimum absolute atomic E-state index is 0.125. The zero-order chi connectivity index (χ0) is 18.4. The number of rotatable bonds is 7. The Balaban J connectivity index is 1.37. The first-order valence-electron chi connectivity index (χ1n) is 8.74. The van der Waals surface area contributed by atoms with Crippen LogP contribution in [0.2, 0.25) is 0 Å². The molecule has 26 heavy (non-hydrogen) atoms. The summed E-state index contributed by atoms with van der Waals surface area (Å²) in [5, 5.41) is 6.85. The summed E-state index contributed by atoms with van der Waals surface area (Å²) >= 11 is 0. The van der Waals surface area contributed by atoms with Crippen molar-refractivity contribution < 1.29 is 17.7 Å². The summed E-state index contributed by atoms with van der Waals surface area (Å²) < 4.78 is 28.3. The summed E-state index contributed by atoms with van der Waals surface area (Å²) in [5.74, 6) is 1.56. The van der Waals surface area contributed by atoms with E-state index < -0.39 is 9.84 Å². The average molecular weight is 375 g/mol. The fraction of sp³-hybridized carbons (Fsp3) is 0.500. The van der Waals surface area contributed by atoms with E-state index in [2.05, 4.69) is 15.5 Å². The van der Waals surface area contributed by atoms with Crippen LogP contribution in [0.15, 0.2) is 28.8 Å². The van der Waals surface area contributed by atoms with Crippen LogP contribution in [-0.2, 0) is 9.84 Å². The maximum atomic E-state index is 12.3. The molecule has 1 amide bonds. The van der Waals surface area contributed by atoms with Crippen molar-refractivity contribution in [3.63, 3.8) is 0 Å². The van der Waals surface area contributed by atoms with E-state index >= 15 is 0 Å². The third kappa shape index (κ3) is 3.95. The van der Waals surface area contributed by atoms with E-state index in [-0.39, 0.29) is 17.1 Å². The number of hydrogen-bond donors (Lipinski definition) is 1. The van der Waals surface area contributed by atoms with Crippen molar-refractivity contribution in [3.05, 3.63) is 35.7 Å². The molecule has 2 saturated carbocycles. The molecule has 7 nitrogen and oxygen atoms in total. The Kier molecular flexibility index (Phi) is 4.10. The highest BCUT2D eigenvalue weighted by Gasteiger charge is 2.45. The van der Waals surface area contributed by atoms with Crippen LogP contribution >= 0.6 is 0 Å². The molecule has 138 valence electrons. The van der Waals surface area contributed by atoms with Crippen LogP contribution in [0.4, 0.5) is 0 Å². The van der Waals surface area contributed by atoms with E-state index in [0.29, 0.717) is 23.9 Å². The highest BCUT2D eigenvalue weighted by molar-refractivity contribution is 7.90. The second kappa shape index (κ2) is 6.19. The molecular weight excluding hydrogens is 354 g/mol. The third-order valence-corrected chi connectivity index (χ3v) is 6.06. The highest BCUT2D eigenvalue weighted by atomic mass is 32.2. The van der Waals surface area contributed by atoms with Gasteiger partial charge in [-0.05, 0) is 49.9 Å². The Morgan fingerprint density at radius 1 is 1.27 bits per heavy atom. The van der Waals surface area contributed by atoms with Gasteiger partial charge in [0.15, 0.2) is 5.82 Å². The summed E-state index contributed by atoms with van der Waals surface area (Å²) in [6, 6.07) is 6.98. The van der Waals surface area contributed by atoms with Gasteiger partial charge in [0.1, 0.15) is 9.84 Å². The monoisotopic (exact) mass is 375 g/mol. The largest absolute Gasteiger partial charge is 0.351 e. The Morgan fingerprint density at radius 3 is 2.54 bits per heavy atom. The molecule has 0 radical (unpaired) electrons. The van der Waals surface area contributed by atoms with Gasteiger partial charge in [-0.25, -0.2) is 8.42 Å². The quantitative estimate of drug-likeness (QED) is 0.796. The number of aromatic nitrogens is 2. The molecule has 2 aromatic rings. The van der Waals surface area contributed by atoms with Gasteiger partial charge in [0.05, 0.1) is 5.75 Å². The summed E-state index contributed by atoms with van der Waals surface area (Å²) in [7, 11) is -3.04. The predicted octanol–water partition coefficient (Wildman–Crippen LogP) is 2.17. The number of carbonyl (C=O) groups excluding carboxylic acids is 1. The number of amides is 1. The van der Waals surface area contributed by atoms with E-state index in [1.54, 1.807) is 24.3 Å². The molecule has 0 spiro atoms. The van der Waals surface area contributed by atoms with E-state index in [4.69, 9.17) is 4.52 Å². The normalized spacial score (nSPS) is 18.5. The minimum atomic E-state index is -3.04. The topological polar surface area (TPSA) is 102 Å². The molecule has 8 heteroatoms. The van der Waals surface area contributed by atoms with Crippen LogP contribution in [0.25, 0.3) is 11.5 Å². The lowest BCUT2D eigenvalue weighted by Gasteiger charge is -2.14. The maximum absolute atomic E-state index is 12.3. The highest BCUT2D eigenvalue weighted by Crippen LogP contribution is 2.46. The van der Waals surface area contributed by atoms with Crippen molar-refractivity contribution in [3.8, 4) is 11.5 Å². The van der Waals surface area contributed by atoms with Gasteiger partial charge in [0.2, 0.25) is 0 Å². The van der Waals surface area contributed by atoms with E-state index in [1.807, 2.05) is 0 Å². The molecule has 4 rings (SSSR count). The Labute approximate surface area is 152 Å². The lowest BCUT2D eigenvalue weighted by atomic mass is 10.1. The number of benzene rings is 1. The van der Waals surface area contributed by atoms with Crippen LogP contribution in [0.5, 0.6) is 0 Å².